The lowest BCUT2D eigenvalue weighted by molar-refractivity contribution is -0.140. The highest BCUT2D eigenvalue weighted by molar-refractivity contribution is 9.10. The van der Waals surface area contributed by atoms with Crippen LogP contribution in [-0.2, 0) is 9.59 Å². The molecule has 1 rings (SSSR count). The van der Waals surface area contributed by atoms with Crippen LogP contribution < -0.4 is 0 Å². The summed E-state index contributed by atoms with van der Waals surface area (Å²) in [5.74, 6) is -2.20. The van der Waals surface area contributed by atoms with Crippen molar-refractivity contribution in [2.75, 3.05) is 0 Å². The van der Waals surface area contributed by atoms with Crippen molar-refractivity contribution in [3.63, 3.8) is 0 Å². The maximum Gasteiger partial charge on any atom is 0.318 e. The number of hydrogen-bond donors (Lipinski definition) is 1. The van der Waals surface area contributed by atoms with Crippen molar-refractivity contribution in [2.45, 2.75) is 5.92 Å². The molecule has 0 aliphatic carbocycles. The quantitative estimate of drug-likeness (QED) is 0.650. The third-order valence-corrected chi connectivity index (χ3v) is 2.10. The van der Waals surface area contributed by atoms with Crippen LogP contribution in [0.1, 0.15) is 11.5 Å². The molecule has 0 fully saturated rings. The van der Waals surface area contributed by atoms with E-state index in [1.165, 1.54) is 0 Å². The van der Waals surface area contributed by atoms with Crippen LogP contribution >= 0.6 is 15.9 Å². The van der Waals surface area contributed by atoms with Crippen LogP contribution in [0.2, 0.25) is 0 Å². The van der Waals surface area contributed by atoms with Gasteiger partial charge in [-0.25, -0.2) is 0 Å². The number of carboxylic acid groups (broad SMARTS) is 1. The molecule has 0 aliphatic heterocycles. The molecule has 68 valence electrons. The van der Waals surface area contributed by atoms with Gasteiger partial charge in [-0.05, 0) is 17.7 Å². The summed E-state index contributed by atoms with van der Waals surface area (Å²) < 4.78 is 0.762. The van der Waals surface area contributed by atoms with Gasteiger partial charge in [0.25, 0.3) is 0 Å². The molecule has 0 heterocycles. The van der Waals surface area contributed by atoms with Gasteiger partial charge in [0.15, 0.2) is 0 Å². The van der Waals surface area contributed by atoms with Gasteiger partial charge in [0.2, 0.25) is 0 Å². The van der Waals surface area contributed by atoms with E-state index < -0.39 is 11.9 Å². The fourth-order valence-electron chi connectivity index (χ4n) is 0.979. The number of carboxylic acids is 1. The summed E-state index contributed by atoms with van der Waals surface area (Å²) in [6.07, 6.45) is 0.421. The Kier molecular flexibility index (Phi) is 3.19. The average Bonchev–Trinajstić information content (AvgIpc) is 2.04. The summed E-state index contributed by atoms with van der Waals surface area (Å²) in [4.78, 5) is 21.1. The summed E-state index contributed by atoms with van der Waals surface area (Å²) in [6, 6.07) is 6.69. The predicted octanol–water partition coefficient (Wildman–Crippen LogP) is 1.82. The van der Waals surface area contributed by atoms with Crippen LogP contribution in [0.3, 0.4) is 0 Å². The van der Waals surface area contributed by atoms with E-state index in [0.717, 1.165) is 4.47 Å². The number of rotatable bonds is 3. The van der Waals surface area contributed by atoms with E-state index in [1.807, 2.05) is 0 Å². The largest absolute Gasteiger partial charge is 0.480 e. The Balaban J connectivity index is 3.04. The van der Waals surface area contributed by atoms with Gasteiger partial charge in [-0.1, -0.05) is 28.1 Å². The molecular formula is C9H7BrO3. The van der Waals surface area contributed by atoms with Gasteiger partial charge in [-0.15, -0.1) is 0 Å². The van der Waals surface area contributed by atoms with E-state index in [4.69, 9.17) is 5.11 Å². The average molecular weight is 243 g/mol. The van der Waals surface area contributed by atoms with Crippen molar-refractivity contribution in [3.05, 3.63) is 34.3 Å². The second-order valence-electron chi connectivity index (χ2n) is 2.51. The highest BCUT2D eigenvalue weighted by Gasteiger charge is 2.18. The summed E-state index contributed by atoms with van der Waals surface area (Å²) in [6.45, 7) is 0. The first kappa shape index (κ1) is 9.92. The van der Waals surface area contributed by atoms with Gasteiger partial charge in [0.05, 0.1) is 0 Å². The van der Waals surface area contributed by atoms with Gasteiger partial charge < -0.3 is 9.90 Å². The number of aldehydes is 1. The van der Waals surface area contributed by atoms with E-state index in [9.17, 15) is 9.59 Å². The van der Waals surface area contributed by atoms with Crippen molar-refractivity contribution >= 4 is 28.2 Å². The molecule has 1 unspecified atom stereocenters. The number of carbonyl (C=O) groups excluding carboxylic acids is 1. The molecule has 0 aliphatic rings. The van der Waals surface area contributed by atoms with Crippen LogP contribution in [0.4, 0.5) is 0 Å². The first-order valence-electron chi connectivity index (χ1n) is 3.58. The molecule has 1 aromatic carbocycles. The minimum absolute atomic E-state index is 0.421. The summed E-state index contributed by atoms with van der Waals surface area (Å²) in [7, 11) is 0. The first-order chi connectivity index (χ1) is 6.15. The fraction of sp³-hybridized carbons (Fsp3) is 0.111. The molecule has 0 amide bonds. The zero-order chi connectivity index (χ0) is 9.84. The third-order valence-electron chi connectivity index (χ3n) is 1.61. The van der Waals surface area contributed by atoms with E-state index in [0.29, 0.717) is 11.8 Å². The Morgan fingerprint density at radius 1 is 1.54 bits per heavy atom. The Labute approximate surface area is 83.5 Å². The monoisotopic (exact) mass is 242 g/mol. The van der Waals surface area contributed by atoms with Crippen LogP contribution in [0, 0.1) is 0 Å². The lowest BCUT2D eigenvalue weighted by Crippen LogP contribution is -2.12. The molecule has 1 aromatic rings. The highest BCUT2D eigenvalue weighted by atomic mass is 79.9. The number of halogens is 1. The van der Waals surface area contributed by atoms with Crippen molar-refractivity contribution in [3.8, 4) is 0 Å². The van der Waals surface area contributed by atoms with Gasteiger partial charge in [-0.3, -0.25) is 4.79 Å². The van der Waals surface area contributed by atoms with Crippen molar-refractivity contribution in [2.24, 2.45) is 0 Å². The molecule has 1 N–H and O–H groups in total. The van der Waals surface area contributed by atoms with E-state index >= 15 is 0 Å². The molecule has 4 heteroatoms. The van der Waals surface area contributed by atoms with Crippen molar-refractivity contribution in [1.29, 1.82) is 0 Å². The molecule has 0 bridgehead atoms. The molecule has 0 saturated carbocycles. The van der Waals surface area contributed by atoms with Crippen LogP contribution in [0.25, 0.3) is 0 Å². The van der Waals surface area contributed by atoms with E-state index in [-0.39, 0.29) is 0 Å². The zero-order valence-electron chi connectivity index (χ0n) is 6.61. The Morgan fingerprint density at radius 2 is 2.23 bits per heavy atom. The zero-order valence-corrected chi connectivity index (χ0v) is 8.19. The summed E-state index contributed by atoms with van der Waals surface area (Å²) >= 11 is 3.20. The second kappa shape index (κ2) is 4.18. The number of hydrogen-bond acceptors (Lipinski definition) is 2. The van der Waals surface area contributed by atoms with Crippen LogP contribution in [0.5, 0.6) is 0 Å². The van der Waals surface area contributed by atoms with E-state index in [2.05, 4.69) is 15.9 Å². The normalized spacial score (nSPS) is 12.1. The van der Waals surface area contributed by atoms with Crippen molar-refractivity contribution in [1.82, 2.24) is 0 Å². The summed E-state index contributed by atoms with van der Waals surface area (Å²) in [5.41, 5.74) is 0.483. The maximum atomic E-state index is 10.6. The molecular weight excluding hydrogens is 236 g/mol. The highest BCUT2D eigenvalue weighted by Crippen LogP contribution is 2.18. The lowest BCUT2D eigenvalue weighted by Gasteiger charge is -2.04. The van der Waals surface area contributed by atoms with Gasteiger partial charge in [0, 0.05) is 4.47 Å². The topological polar surface area (TPSA) is 54.4 Å². The van der Waals surface area contributed by atoms with Gasteiger partial charge in [0.1, 0.15) is 12.2 Å². The smallest absolute Gasteiger partial charge is 0.318 e. The van der Waals surface area contributed by atoms with E-state index in [1.54, 1.807) is 24.3 Å². The Morgan fingerprint density at radius 3 is 2.69 bits per heavy atom. The Bertz CT molecular complexity index is 335. The second-order valence-corrected chi connectivity index (χ2v) is 3.42. The molecule has 1 atom stereocenters. The standard InChI is InChI=1S/C9H7BrO3/c10-7-3-1-2-6(4-7)8(5-11)9(12)13/h1-5,8H,(H,12,13). The minimum Gasteiger partial charge on any atom is -0.480 e. The first-order valence-corrected chi connectivity index (χ1v) is 4.38. The molecule has 0 saturated heterocycles. The molecule has 0 aromatic heterocycles. The SMILES string of the molecule is O=CC(C(=O)O)c1cccc(Br)c1. The molecule has 13 heavy (non-hydrogen) atoms. The lowest BCUT2D eigenvalue weighted by atomic mass is 10.0. The van der Waals surface area contributed by atoms with Gasteiger partial charge >= 0.3 is 5.97 Å². The Hall–Kier alpha value is -1.16. The molecule has 0 spiro atoms. The van der Waals surface area contributed by atoms with Gasteiger partial charge in [-0.2, -0.15) is 0 Å². The fourth-order valence-corrected chi connectivity index (χ4v) is 1.40. The number of benzene rings is 1. The third kappa shape index (κ3) is 2.39. The minimum atomic E-state index is -1.13. The summed E-state index contributed by atoms with van der Waals surface area (Å²) in [5, 5.41) is 8.67. The number of aliphatic carboxylic acids is 1. The van der Waals surface area contributed by atoms with Crippen molar-refractivity contribution < 1.29 is 14.7 Å². The maximum absolute atomic E-state index is 10.6. The molecule has 3 nitrogen and oxygen atoms in total. The molecule has 0 radical (unpaired) electrons. The van der Waals surface area contributed by atoms with Crippen LogP contribution in [0.15, 0.2) is 28.7 Å². The van der Waals surface area contributed by atoms with Crippen LogP contribution in [-0.4, -0.2) is 17.4 Å². The predicted molar refractivity (Wildman–Crippen MR) is 50.6 cm³/mol. The number of carbonyl (C=O) groups is 2.